The Hall–Kier alpha value is -2.92. The van der Waals surface area contributed by atoms with Crippen LogP contribution in [0.15, 0.2) is 48.1 Å². The van der Waals surface area contributed by atoms with E-state index in [-0.39, 0.29) is 5.54 Å². The zero-order valence-corrected chi connectivity index (χ0v) is 24.3. The molecule has 2 aliphatic heterocycles. The lowest BCUT2D eigenvalue weighted by atomic mass is 9.88. The molecular weight excluding hydrogens is 489 g/mol. The number of aliphatic imine (C=N–C) groups is 1. The molecule has 7 nitrogen and oxygen atoms in total. The molecule has 4 N–H and O–H groups in total. The summed E-state index contributed by atoms with van der Waals surface area (Å²) in [4.78, 5) is 15.9. The summed E-state index contributed by atoms with van der Waals surface area (Å²) in [6.45, 7) is 15.5. The molecule has 1 spiro atoms. The quantitative estimate of drug-likeness (QED) is 0.291. The molecule has 38 heavy (non-hydrogen) atoms. The summed E-state index contributed by atoms with van der Waals surface area (Å²) in [5.41, 5.74) is 12.6. The van der Waals surface area contributed by atoms with Crippen LogP contribution in [0.2, 0.25) is 0 Å². The van der Waals surface area contributed by atoms with Gasteiger partial charge in [-0.05, 0) is 43.7 Å². The first kappa shape index (κ1) is 28.1. The number of aromatic nitrogens is 2. The monoisotopic (exact) mass is 533 g/mol. The molecule has 0 bridgehead atoms. The molecule has 8 heteroatoms. The van der Waals surface area contributed by atoms with E-state index in [0.717, 1.165) is 56.0 Å². The van der Waals surface area contributed by atoms with Crippen LogP contribution in [-0.4, -0.2) is 46.0 Å². The van der Waals surface area contributed by atoms with Gasteiger partial charge in [0.1, 0.15) is 5.69 Å². The summed E-state index contributed by atoms with van der Waals surface area (Å²) in [6.07, 6.45) is 10.8. The van der Waals surface area contributed by atoms with E-state index in [1.165, 1.54) is 55.3 Å². The predicted molar refractivity (Wildman–Crippen MR) is 163 cm³/mol. The fraction of sp³-hybridized carbons (Fsp3) is 0.500. The van der Waals surface area contributed by atoms with Gasteiger partial charge in [0.05, 0.1) is 22.4 Å². The summed E-state index contributed by atoms with van der Waals surface area (Å²) < 4.78 is 0. The van der Waals surface area contributed by atoms with Crippen LogP contribution in [-0.2, 0) is 12.8 Å². The Bertz CT molecular complexity index is 1160. The second kappa shape index (κ2) is 12.8. The van der Waals surface area contributed by atoms with Crippen LogP contribution in [0.25, 0.3) is 5.70 Å². The molecule has 0 saturated carbocycles. The number of nitrogens with two attached hydrogens (primary N) is 1. The highest BCUT2D eigenvalue weighted by molar-refractivity contribution is 7.27. The lowest BCUT2D eigenvalue weighted by Gasteiger charge is -2.40. The molecule has 4 rings (SSSR count). The second-order valence-corrected chi connectivity index (χ2v) is 11.4. The molecule has 1 aromatic carbocycles. The molecule has 1 atom stereocenters. The summed E-state index contributed by atoms with van der Waals surface area (Å²) in [5.74, 6) is 1.06. The van der Waals surface area contributed by atoms with Crippen molar-refractivity contribution in [2.45, 2.75) is 77.2 Å². The van der Waals surface area contributed by atoms with Gasteiger partial charge in [-0.25, -0.2) is 15.0 Å². The van der Waals surface area contributed by atoms with E-state index in [0.29, 0.717) is 17.2 Å². The van der Waals surface area contributed by atoms with E-state index in [9.17, 15) is 0 Å². The van der Waals surface area contributed by atoms with Crippen molar-refractivity contribution in [3.63, 3.8) is 0 Å². The molecule has 2 aromatic rings. The van der Waals surface area contributed by atoms with Gasteiger partial charge in [-0.3, -0.25) is 0 Å². The van der Waals surface area contributed by atoms with Crippen LogP contribution in [0.5, 0.6) is 0 Å². The first-order valence-corrected chi connectivity index (χ1v) is 14.6. The van der Waals surface area contributed by atoms with E-state index in [1.807, 2.05) is 6.92 Å². The van der Waals surface area contributed by atoms with Crippen molar-refractivity contribution in [3.05, 3.63) is 65.6 Å². The summed E-state index contributed by atoms with van der Waals surface area (Å²) >= 11 is 0. The summed E-state index contributed by atoms with van der Waals surface area (Å²) in [6, 6.07) is 9.16. The van der Waals surface area contributed by atoms with Gasteiger partial charge in [-0.15, -0.1) is 0 Å². The van der Waals surface area contributed by atoms with Gasteiger partial charge >= 0.3 is 0 Å². The number of nitrogens with zero attached hydrogens (tertiary/aromatic N) is 4. The molecule has 204 valence electrons. The highest BCUT2D eigenvalue weighted by Gasteiger charge is 2.39. The van der Waals surface area contributed by atoms with Gasteiger partial charge in [0.2, 0.25) is 0 Å². The average molecular weight is 534 g/mol. The van der Waals surface area contributed by atoms with Gasteiger partial charge in [0.25, 0.3) is 0 Å². The van der Waals surface area contributed by atoms with Crippen LogP contribution in [0.3, 0.4) is 0 Å². The number of hydrogen-bond acceptors (Lipinski definition) is 5. The molecular formula is C30H44N7P. The number of benzene rings is 1. The van der Waals surface area contributed by atoms with Crippen molar-refractivity contribution >= 4 is 32.1 Å². The fourth-order valence-electron chi connectivity index (χ4n) is 5.26. The third-order valence-electron chi connectivity index (χ3n) is 7.80. The molecule has 0 amide bonds. The molecule has 0 aliphatic carbocycles. The number of piperidine rings is 1. The maximum absolute atomic E-state index is 6.07. The summed E-state index contributed by atoms with van der Waals surface area (Å²) in [7, 11) is 2.55. The first-order valence-electron chi connectivity index (χ1n) is 14.0. The van der Waals surface area contributed by atoms with Crippen LogP contribution in [0, 0.1) is 6.92 Å². The van der Waals surface area contributed by atoms with Crippen molar-refractivity contribution in [3.8, 4) is 0 Å². The van der Waals surface area contributed by atoms with Gasteiger partial charge in [0, 0.05) is 31.8 Å². The van der Waals surface area contributed by atoms with Crippen LogP contribution < -0.4 is 21.8 Å². The Morgan fingerprint density at radius 1 is 1.08 bits per heavy atom. The first-order chi connectivity index (χ1) is 18.3. The van der Waals surface area contributed by atoms with E-state index in [1.54, 1.807) is 0 Å². The van der Waals surface area contributed by atoms with Crippen molar-refractivity contribution in [2.75, 3.05) is 25.4 Å². The van der Waals surface area contributed by atoms with Crippen LogP contribution in [0.4, 0.5) is 5.82 Å². The number of anilines is 1. The highest BCUT2D eigenvalue weighted by Crippen LogP contribution is 2.28. The smallest absolute Gasteiger partial charge is 0.197 e. The molecule has 2 fully saturated rings. The minimum Gasteiger partial charge on any atom is -0.382 e. The number of aryl methyl sites for hydroxylation is 2. The minimum absolute atomic E-state index is 0.00821. The minimum atomic E-state index is -0.00821. The normalized spacial score (nSPS) is 17.4. The lowest BCUT2D eigenvalue weighted by Crippen LogP contribution is -2.52. The Kier molecular flexibility index (Phi) is 9.43. The molecule has 1 aromatic heterocycles. The zero-order valence-electron chi connectivity index (χ0n) is 23.2. The molecule has 3 heterocycles. The topological polar surface area (TPSA) is 91.5 Å². The van der Waals surface area contributed by atoms with Gasteiger partial charge in [-0.1, -0.05) is 79.3 Å². The van der Waals surface area contributed by atoms with Gasteiger partial charge in [-0.2, -0.15) is 0 Å². The Morgan fingerprint density at radius 3 is 2.47 bits per heavy atom. The van der Waals surface area contributed by atoms with Crippen molar-refractivity contribution in [1.29, 1.82) is 0 Å². The lowest BCUT2D eigenvalue weighted by molar-refractivity contribution is 0.191. The van der Waals surface area contributed by atoms with E-state index >= 15 is 0 Å². The Labute approximate surface area is 230 Å². The Morgan fingerprint density at radius 2 is 1.76 bits per heavy atom. The predicted octanol–water partition coefficient (Wildman–Crippen LogP) is 4.49. The van der Waals surface area contributed by atoms with Gasteiger partial charge in [0.15, 0.2) is 11.8 Å². The van der Waals surface area contributed by atoms with Crippen molar-refractivity contribution in [1.82, 2.24) is 25.5 Å². The van der Waals surface area contributed by atoms with Crippen LogP contribution in [0.1, 0.15) is 74.4 Å². The number of rotatable bonds is 11. The SMILES string of the molecule is C=C(/N=C1\NCC2(CCN(C(=C)Cc3ccc(CCCCCCC)cc3)CC2)N1)c1nc(C)c(P)nc1N. The average Bonchev–Trinajstić information content (AvgIpc) is 3.28. The summed E-state index contributed by atoms with van der Waals surface area (Å²) in [5, 5.41) is 7.05. The maximum atomic E-state index is 6.07. The molecule has 1 unspecified atom stereocenters. The number of allylic oxidation sites excluding steroid dienone is 1. The number of guanidine groups is 1. The number of nitrogens with one attached hydrogen (secondary N) is 2. The largest absolute Gasteiger partial charge is 0.382 e. The van der Waals surface area contributed by atoms with Crippen molar-refractivity contribution < 1.29 is 0 Å². The number of likely N-dealkylation sites (tertiary alicyclic amines) is 1. The molecule has 2 saturated heterocycles. The molecule has 0 radical (unpaired) electrons. The van der Waals surface area contributed by atoms with Crippen molar-refractivity contribution in [2.24, 2.45) is 4.99 Å². The van der Waals surface area contributed by atoms with E-state index in [4.69, 9.17) is 5.73 Å². The number of unbranched alkanes of at least 4 members (excludes halogenated alkanes) is 4. The maximum Gasteiger partial charge on any atom is 0.197 e. The van der Waals surface area contributed by atoms with Crippen LogP contribution >= 0.6 is 9.24 Å². The third-order valence-corrected chi connectivity index (χ3v) is 8.35. The standard InChI is InChI=1S/C30H44N7P/c1-5-6-7-8-9-10-24-11-13-25(14-12-24)19-21(2)37-17-15-30(16-18-37)20-32-29(36-30)34-22(3)26-27(31)35-28(38)23(4)33-26/h11-14H,2-3,5-10,15-20,38H2,1,4H3,(H2,31,35)(H2,32,34,36). The zero-order chi connectivity index (χ0) is 27.1. The fourth-order valence-corrected chi connectivity index (χ4v) is 5.47. The Balaban J connectivity index is 1.25. The van der Waals surface area contributed by atoms with E-state index in [2.05, 4.69) is 84.1 Å². The third kappa shape index (κ3) is 7.13. The highest BCUT2D eigenvalue weighted by atomic mass is 31.0. The van der Waals surface area contributed by atoms with Gasteiger partial charge < -0.3 is 21.3 Å². The second-order valence-electron chi connectivity index (χ2n) is 10.8. The molecule has 2 aliphatic rings. The number of hydrogen-bond donors (Lipinski definition) is 3. The van der Waals surface area contributed by atoms with E-state index < -0.39 is 0 Å². The number of nitrogen functional groups attached to an aromatic ring is 1.